The van der Waals surface area contributed by atoms with Gasteiger partial charge in [-0.1, -0.05) is 23.2 Å². The van der Waals surface area contributed by atoms with E-state index in [1.807, 2.05) is 18.2 Å². The minimum absolute atomic E-state index is 0.280. The van der Waals surface area contributed by atoms with E-state index >= 15 is 0 Å². The zero-order chi connectivity index (χ0) is 13.0. The van der Waals surface area contributed by atoms with E-state index in [1.165, 1.54) is 12.8 Å². The van der Waals surface area contributed by atoms with Crippen molar-refractivity contribution in [3.8, 4) is 0 Å². The second kappa shape index (κ2) is 6.76. The highest BCUT2D eigenvalue weighted by Crippen LogP contribution is 2.27. The van der Waals surface area contributed by atoms with E-state index in [-0.39, 0.29) is 6.61 Å². The highest BCUT2D eigenvalue weighted by molar-refractivity contribution is 6.33. The molecule has 0 aromatic heterocycles. The van der Waals surface area contributed by atoms with E-state index in [0.717, 1.165) is 41.5 Å². The number of hydrogen-bond donors (Lipinski definition) is 1. The molecular weight excluding hydrogens is 269 g/mol. The van der Waals surface area contributed by atoms with Crippen molar-refractivity contribution in [2.24, 2.45) is 0 Å². The van der Waals surface area contributed by atoms with E-state index < -0.39 is 0 Å². The monoisotopic (exact) mass is 287 g/mol. The van der Waals surface area contributed by atoms with Gasteiger partial charge in [0.05, 0.1) is 0 Å². The van der Waals surface area contributed by atoms with Crippen molar-refractivity contribution < 1.29 is 5.11 Å². The van der Waals surface area contributed by atoms with Gasteiger partial charge in [-0.05, 0) is 56.0 Å². The Hall–Kier alpha value is -0.280. The molecule has 2 nitrogen and oxygen atoms in total. The Morgan fingerprint density at radius 1 is 1.33 bits per heavy atom. The fourth-order valence-electron chi connectivity index (χ4n) is 2.64. The van der Waals surface area contributed by atoms with E-state index in [2.05, 4.69) is 4.90 Å². The molecule has 1 saturated heterocycles. The summed E-state index contributed by atoms with van der Waals surface area (Å²) in [6.07, 6.45) is 4.39. The lowest BCUT2D eigenvalue weighted by molar-refractivity contribution is 0.210. The molecule has 1 aromatic rings. The van der Waals surface area contributed by atoms with Gasteiger partial charge in [0.25, 0.3) is 0 Å². The molecule has 0 amide bonds. The Kier molecular flexibility index (Phi) is 5.31. The first-order valence-electron chi connectivity index (χ1n) is 6.49. The van der Waals surface area contributed by atoms with E-state index in [0.29, 0.717) is 6.04 Å². The highest BCUT2D eigenvalue weighted by Gasteiger charge is 2.24. The normalized spacial score (nSPS) is 20.5. The van der Waals surface area contributed by atoms with Gasteiger partial charge < -0.3 is 5.11 Å². The third kappa shape index (κ3) is 3.61. The standard InChI is InChI=1S/C14H19Cl2NO/c15-12-5-6-14(16)11(9-12)10-17-7-1-3-13(17)4-2-8-18/h5-6,9,13,18H,1-4,7-8,10H2. The molecule has 1 aromatic carbocycles. The Balaban J connectivity index is 2.01. The summed E-state index contributed by atoms with van der Waals surface area (Å²) in [6.45, 7) is 2.25. The molecule has 2 rings (SSSR count). The summed E-state index contributed by atoms with van der Waals surface area (Å²) >= 11 is 12.2. The number of hydrogen-bond acceptors (Lipinski definition) is 2. The van der Waals surface area contributed by atoms with Gasteiger partial charge in [-0.15, -0.1) is 0 Å². The van der Waals surface area contributed by atoms with Gasteiger partial charge in [-0.25, -0.2) is 0 Å². The lowest BCUT2D eigenvalue weighted by atomic mass is 10.1. The highest BCUT2D eigenvalue weighted by atomic mass is 35.5. The Labute approximate surface area is 119 Å². The summed E-state index contributed by atoms with van der Waals surface area (Å²) in [5.74, 6) is 0. The fourth-order valence-corrected chi connectivity index (χ4v) is 3.01. The van der Waals surface area contributed by atoms with Gasteiger partial charge in [-0.2, -0.15) is 0 Å². The molecule has 1 N–H and O–H groups in total. The van der Waals surface area contributed by atoms with Crippen molar-refractivity contribution in [3.05, 3.63) is 33.8 Å². The van der Waals surface area contributed by atoms with Gasteiger partial charge in [0, 0.05) is 29.2 Å². The van der Waals surface area contributed by atoms with E-state index in [4.69, 9.17) is 28.3 Å². The molecule has 1 heterocycles. The first-order valence-corrected chi connectivity index (χ1v) is 7.25. The Morgan fingerprint density at radius 2 is 2.17 bits per heavy atom. The van der Waals surface area contributed by atoms with Crippen molar-refractivity contribution in [2.75, 3.05) is 13.2 Å². The molecule has 1 unspecified atom stereocenters. The number of likely N-dealkylation sites (tertiary alicyclic amines) is 1. The van der Waals surface area contributed by atoms with Gasteiger partial charge in [0.2, 0.25) is 0 Å². The van der Waals surface area contributed by atoms with Crippen LogP contribution in [0.25, 0.3) is 0 Å². The van der Waals surface area contributed by atoms with Crippen LogP contribution in [0.2, 0.25) is 10.0 Å². The second-order valence-electron chi connectivity index (χ2n) is 4.87. The van der Waals surface area contributed by atoms with Crippen LogP contribution in [0.4, 0.5) is 0 Å². The number of benzene rings is 1. The summed E-state index contributed by atoms with van der Waals surface area (Å²) in [5.41, 5.74) is 1.10. The van der Waals surface area contributed by atoms with Crippen LogP contribution < -0.4 is 0 Å². The SMILES string of the molecule is OCCCC1CCCN1Cc1cc(Cl)ccc1Cl. The van der Waals surface area contributed by atoms with Crippen LogP contribution in [0, 0.1) is 0 Å². The molecular formula is C14H19Cl2NO. The van der Waals surface area contributed by atoms with Gasteiger partial charge >= 0.3 is 0 Å². The zero-order valence-electron chi connectivity index (χ0n) is 10.4. The number of aliphatic hydroxyl groups excluding tert-OH is 1. The number of halogens is 2. The molecule has 0 spiro atoms. The van der Waals surface area contributed by atoms with Crippen molar-refractivity contribution in [1.29, 1.82) is 0 Å². The minimum Gasteiger partial charge on any atom is -0.396 e. The van der Waals surface area contributed by atoms with E-state index in [1.54, 1.807) is 0 Å². The molecule has 100 valence electrons. The molecule has 0 saturated carbocycles. The van der Waals surface area contributed by atoms with Gasteiger partial charge in [0.15, 0.2) is 0 Å². The van der Waals surface area contributed by atoms with Crippen molar-refractivity contribution in [3.63, 3.8) is 0 Å². The predicted molar refractivity (Wildman–Crippen MR) is 76.2 cm³/mol. The van der Waals surface area contributed by atoms with Crippen molar-refractivity contribution in [1.82, 2.24) is 4.90 Å². The molecule has 0 aliphatic carbocycles. The van der Waals surface area contributed by atoms with Crippen LogP contribution in [0.3, 0.4) is 0 Å². The molecule has 1 aliphatic rings. The van der Waals surface area contributed by atoms with E-state index in [9.17, 15) is 0 Å². The van der Waals surface area contributed by atoms with Gasteiger partial charge in [-0.3, -0.25) is 4.90 Å². The van der Waals surface area contributed by atoms with Gasteiger partial charge in [0.1, 0.15) is 0 Å². The maximum Gasteiger partial charge on any atom is 0.0452 e. The summed E-state index contributed by atoms with van der Waals surface area (Å²) in [7, 11) is 0. The third-order valence-corrected chi connectivity index (χ3v) is 4.18. The summed E-state index contributed by atoms with van der Waals surface area (Å²) in [5, 5.41) is 10.4. The third-order valence-electron chi connectivity index (χ3n) is 3.58. The average Bonchev–Trinajstić information content (AvgIpc) is 2.79. The Morgan fingerprint density at radius 3 is 2.94 bits per heavy atom. The quantitative estimate of drug-likeness (QED) is 0.892. The summed E-state index contributed by atoms with van der Waals surface area (Å²) in [4.78, 5) is 2.45. The molecule has 18 heavy (non-hydrogen) atoms. The Bertz CT molecular complexity index is 397. The second-order valence-corrected chi connectivity index (χ2v) is 5.71. The van der Waals surface area contributed by atoms with Crippen molar-refractivity contribution in [2.45, 2.75) is 38.3 Å². The maximum atomic E-state index is 8.93. The fraction of sp³-hybridized carbons (Fsp3) is 0.571. The first-order chi connectivity index (χ1) is 8.70. The van der Waals surface area contributed by atoms with Crippen molar-refractivity contribution >= 4 is 23.2 Å². The van der Waals surface area contributed by atoms with Crippen LogP contribution >= 0.6 is 23.2 Å². The molecule has 0 radical (unpaired) electrons. The molecule has 1 aliphatic heterocycles. The minimum atomic E-state index is 0.280. The van der Waals surface area contributed by atoms with Crippen LogP contribution in [-0.4, -0.2) is 29.2 Å². The van der Waals surface area contributed by atoms with Crippen LogP contribution in [0.5, 0.6) is 0 Å². The van der Waals surface area contributed by atoms with Crippen LogP contribution in [0.1, 0.15) is 31.2 Å². The summed E-state index contributed by atoms with van der Waals surface area (Å²) < 4.78 is 0. The van der Waals surface area contributed by atoms with Crippen LogP contribution in [-0.2, 0) is 6.54 Å². The molecule has 1 fully saturated rings. The summed E-state index contributed by atoms with van der Waals surface area (Å²) in [6, 6.07) is 6.21. The zero-order valence-corrected chi connectivity index (χ0v) is 11.9. The predicted octanol–water partition coefficient (Wildman–Crippen LogP) is 3.73. The number of aliphatic hydroxyl groups is 1. The largest absolute Gasteiger partial charge is 0.396 e. The lowest BCUT2D eigenvalue weighted by Crippen LogP contribution is -2.29. The number of nitrogens with zero attached hydrogens (tertiary/aromatic N) is 1. The molecule has 4 heteroatoms. The average molecular weight is 288 g/mol. The lowest BCUT2D eigenvalue weighted by Gasteiger charge is -2.24. The maximum absolute atomic E-state index is 8.93. The van der Waals surface area contributed by atoms with Crippen LogP contribution in [0.15, 0.2) is 18.2 Å². The first kappa shape index (κ1) is 14.1. The molecule has 1 atom stereocenters. The number of rotatable bonds is 5. The topological polar surface area (TPSA) is 23.5 Å². The smallest absolute Gasteiger partial charge is 0.0452 e. The molecule has 0 bridgehead atoms.